The minimum atomic E-state index is -1.69. The SMILES string of the molecule is C=C1CSC(C(NC(=O)[C@H](NC(=O)N2CCN(CC)C(=O)C2=O)c2ccc(O)cc2)C(=O)O)N=C1C(=O)O. The van der Waals surface area contributed by atoms with Crippen LogP contribution in [-0.4, -0.2) is 103 Å². The van der Waals surface area contributed by atoms with Crippen LogP contribution in [0, 0.1) is 0 Å². The van der Waals surface area contributed by atoms with Crippen LogP contribution in [0.25, 0.3) is 0 Å². The molecular formula is C23H25N5O9S. The van der Waals surface area contributed by atoms with E-state index in [0.29, 0.717) is 4.90 Å². The number of carboxylic acid groups (broad SMARTS) is 2. The number of carboxylic acids is 2. The van der Waals surface area contributed by atoms with E-state index in [1.165, 1.54) is 29.2 Å². The van der Waals surface area contributed by atoms with Gasteiger partial charge in [-0.05, 0) is 30.2 Å². The van der Waals surface area contributed by atoms with Gasteiger partial charge in [0.25, 0.3) is 0 Å². The van der Waals surface area contributed by atoms with E-state index < -0.39 is 58.9 Å². The van der Waals surface area contributed by atoms with Gasteiger partial charge in [0, 0.05) is 25.4 Å². The maximum absolute atomic E-state index is 13.3. The van der Waals surface area contributed by atoms with Crippen molar-refractivity contribution in [2.45, 2.75) is 24.4 Å². The summed E-state index contributed by atoms with van der Waals surface area (Å²) in [5.41, 5.74) is -0.0963. The molecule has 1 aromatic carbocycles. The highest BCUT2D eigenvalue weighted by Gasteiger charge is 2.39. The zero-order chi connectivity index (χ0) is 28.1. The standard InChI is InChI=1S/C23H25N5O9S/c1-3-27-8-9-28(20(32)19(27)31)23(37)26-15(12-4-6-13(29)7-5-12)17(30)24-16(22(35)36)18-25-14(21(33)34)11(2)10-38-18/h4-7,15-16,18,29H,2-3,8-10H2,1H3,(H,24,30)(H,26,37)(H,33,34)(H,35,36)/t15-,16?,18?/m1/s1. The van der Waals surface area contributed by atoms with Crippen molar-refractivity contribution < 1.29 is 44.1 Å². The first-order valence-electron chi connectivity index (χ1n) is 11.3. The number of phenols is 1. The fourth-order valence-corrected chi connectivity index (χ4v) is 4.78. The Morgan fingerprint density at radius 1 is 1.11 bits per heavy atom. The van der Waals surface area contributed by atoms with Gasteiger partial charge in [0.15, 0.2) is 6.04 Å². The average Bonchev–Trinajstić information content (AvgIpc) is 2.87. The van der Waals surface area contributed by atoms with E-state index in [1.807, 2.05) is 0 Å². The van der Waals surface area contributed by atoms with E-state index in [2.05, 4.69) is 22.2 Å². The average molecular weight is 548 g/mol. The molecule has 3 atom stereocenters. The number of aromatic hydroxyl groups is 1. The first-order chi connectivity index (χ1) is 17.9. The number of aliphatic imine (C=N–C) groups is 1. The van der Waals surface area contributed by atoms with Crippen LogP contribution in [0.4, 0.5) is 4.79 Å². The molecule has 202 valence electrons. The molecule has 2 unspecified atom stereocenters. The third-order valence-electron chi connectivity index (χ3n) is 5.76. The van der Waals surface area contributed by atoms with Crippen LogP contribution in [0.15, 0.2) is 41.4 Å². The number of thioether (sulfide) groups is 1. The van der Waals surface area contributed by atoms with Gasteiger partial charge in [-0.3, -0.25) is 24.3 Å². The van der Waals surface area contributed by atoms with Gasteiger partial charge in [0.2, 0.25) is 5.91 Å². The summed E-state index contributed by atoms with van der Waals surface area (Å²) >= 11 is 0.958. The largest absolute Gasteiger partial charge is 0.508 e. The number of hydrogen-bond acceptors (Lipinski definition) is 9. The predicted octanol–water partition coefficient (Wildman–Crippen LogP) is -0.442. The molecule has 3 rings (SSSR count). The predicted molar refractivity (Wildman–Crippen MR) is 133 cm³/mol. The molecule has 38 heavy (non-hydrogen) atoms. The summed E-state index contributed by atoms with van der Waals surface area (Å²) in [6.45, 7) is 5.52. The molecule has 0 aliphatic carbocycles. The van der Waals surface area contributed by atoms with Crippen LogP contribution < -0.4 is 10.6 Å². The Morgan fingerprint density at radius 3 is 2.34 bits per heavy atom. The first-order valence-corrected chi connectivity index (χ1v) is 12.3. The molecule has 0 bridgehead atoms. The van der Waals surface area contributed by atoms with Crippen molar-refractivity contribution in [1.29, 1.82) is 0 Å². The lowest BCUT2D eigenvalue weighted by Crippen LogP contribution is -2.59. The summed E-state index contributed by atoms with van der Waals surface area (Å²) in [6.07, 6.45) is 0. The molecule has 0 saturated carbocycles. The van der Waals surface area contributed by atoms with Crippen molar-refractivity contribution in [2.24, 2.45) is 4.99 Å². The summed E-state index contributed by atoms with van der Waals surface area (Å²) in [7, 11) is 0. The van der Waals surface area contributed by atoms with E-state index in [-0.39, 0.29) is 42.3 Å². The Bertz CT molecular complexity index is 1220. The van der Waals surface area contributed by atoms with Crippen molar-refractivity contribution in [2.75, 3.05) is 25.4 Å². The van der Waals surface area contributed by atoms with Crippen LogP contribution >= 0.6 is 11.8 Å². The maximum Gasteiger partial charge on any atom is 0.354 e. The topological polar surface area (TPSA) is 206 Å². The number of phenolic OH excluding ortho intramolecular Hbond substituents is 1. The summed E-state index contributed by atoms with van der Waals surface area (Å²) < 4.78 is 0. The molecule has 0 radical (unpaired) electrons. The molecule has 2 aliphatic heterocycles. The summed E-state index contributed by atoms with van der Waals surface area (Å²) in [5, 5.41) is 32.1. The fourth-order valence-electron chi connectivity index (χ4n) is 3.72. The molecule has 1 fully saturated rings. The second kappa shape index (κ2) is 11.8. The van der Waals surface area contributed by atoms with E-state index in [9.17, 15) is 44.1 Å². The van der Waals surface area contributed by atoms with Gasteiger partial charge in [0.1, 0.15) is 22.9 Å². The van der Waals surface area contributed by atoms with Gasteiger partial charge in [-0.1, -0.05) is 18.7 Å². The lowest BCUT2D eigenvalue weighted by Gasteiger charge is -2.33. The van der Waals surface area contributed by atoms with Gasteiger partial charge >= 0.3 is 29.8 Å². The van der Waals surface area contributed by atoms with Crippen molar-refractivity contribution in [3.8, 4) is 5.75 Å². The van der Waals surface area contributed by atoms with Gasteiger partial charge in [-0.25, -0.2) is 14.4 Å². The molecule has 5 amide bonds. The first kappa shape index (κ1) is 28.2. The van der Waals surface area contributed by atoms with Crippen molar-refractivity contribution in [1.82, 2.24) is 20.4 Å². The minimum Gasteiger partial charge on any atom is -0.508 e. The molecule has 5 N–H and O–H groups in total. The highest BCUT2D eigenvalue weighted by Crippen LogP contribution is 2.27. The highest BCUT2D eigenvalue weighted by atomic mass is 32.2. The van der Waals surface area contributed by atoms with E-state index >= 15 is 0 Å². The molecule has 2 heterocycles. The summed E-state index contributed by atoms with van der Waals surface area (Å²) in [5.74, 6) is -5.97. The molecule has 1 saturated heterocycles. The second-order valence-electron chi connectivity index (χ2n) is 8.23. The van der Waals surface area contributed by atoms with Crippen molar-refractivity contribution in [3.63, 3.8) is 0 Å². The quantitative estimate of drug-likeness (QED) is 0.265. The normalized spacial score (nSPS) is 19.3. The van der Waals surface area contributed by atoms with E-state index in [0.717, 1.165) is 11.8 Å². The molecule has 0 spiro atoms. The highest BCUT2D eigenvalue weighted by molar-refractivity contribution is 8.00. The van der Waals surface area contributed by atoms with Gasteiger partial charge < -0.3 is 30.9 Å². The van der Waals surface area contributed by atoms with E-state index in [4.69, 9.17) is 0 Å². The molecule has 0 aromatic heterocycles. The molecule has 2 aliphatic rings. The number of amides is 5. The number of imide groups is 1. The number of likely N-dealkylation sites (N-methyl/N-ethyl adjacent to an activating group) is 1. The van der Waals surface area contributed by atoms with E-state index in [1.54, 1.807) is 6.92 Å². The number of rotatable bonds is 8. The molecule has 14 nitrogen and oxygen atoms in total. The number of aliphatic carboxylic acids is 2. The van der Waals surface area contributed by atoms with Crippen molar-refractivity contribution in [3.05, 3.63) is 42.0 Å². The third kappa shape index (κ3) is 6.11. The number of urea groups is 1. The summed E-state index contributed by atoms with van der Waals surface area (Å²) in [6, 6.07) is 0.768. The third-order valence-corrected chi connectivity index (χ3v) is 7.00. The monoisotopic (exact) mass is 547 g/mol. The fraction of sp³-hybridized carbons (Fsp3) is 0.348. The smallest absolute Gasteiger partial charge is 0.354 e. The van der Waals surface area contributed by atoms with Gasteiger partial charge in [0.05, 0.1) is 0 Å². The van der Waals surface area contributed by atoms with Crippen LogP contribution in [0.1, 0.15) is 18.5 Å². The lowest BCUT2D eigenvalue weighted by atomic mass is 10.1. The zero-order valence-corrected chi connectivity index (χ0v) is 20.9. The van der Waals surface area contributed by atoms with Crippen LogP contribution in [0.2, 0.25) is 0 Å². The van der Waals surface area contributed by atoms with Crippen molar-refractivity contribution >= 4 is 53.2 Å². The Hall–Kier alpha value is -4.40. The number of benzene rings is 1. The van der Waals surface area contributed by atoms with Crippen LogP contribution in [0.5, 0.6) is 5.75 Å². The molecule has 15 heteroatoms. The maximum atomic E-state index is 13.3. The zero-order valence-electron chi connectivity index (χ0n) is 20.1. The number of carbonyl (C=O) groups is 6. The Labute approximate surface area is 220 Å². The van der Waals surface area contributed by atoms with Crippen LogP contribution in [-0.2, 0) is 24.0 Å². The lowest BCUT2D eigenvalue weighted by molar-refractivity contribution is -0.153. The van der Waals surface area contributed by atoms with Gasteiger partial charge in [-0.2, -0.15) is 0 Å². The Kier molecular flexibility index (Phi) is 8.72. The van der Waals surface area contributed by atoms with Gasteiger partial charge in [-0.15, -0.1) is 11.8 Å². The Morgan fingerprint density at radius 2 is 1.76 bits per heavy atom. The second-order valence-corrected chi connectivity index (χ2v) is 9.33. The van der Waals surface area contributed by atoms with Crippen LogP contribution in [0.3, 0.4) is 0 Å². The molecular weight excluding hydrogens is 522 g/mol. The number of hydrogen-bond donors (Lipinski definition) is 5. The summed E-state index contributed by atoms with van der Waals surface area (Å²) in [4.78, 5) is 80.2. The Balaban J connectivity index is 1.87. The number of nitrogens with one attached hydrogen (secondary N) is 2. The number of piperazine rings is 1. The minimum absolute atomic E-state index is 0.0630. The number of nitrogens with zero attached hydrogens (tertiary/aromatic N) is 3. The number of carbonyl (C=O) groups excluding carboxylic acids is 4. The molecule has 1 aromatic rings.